The van der Waals surface area contributed by atoms with Crippen molar-refractivity contribution in [2.45, 2.75) is 46.6 Å². The highest BCUT2D eigenvalue weighted by Crippen LogP contribution is 2.11. The topological polar surface area (TPSA) is 101 Å². The molecule has 1 heterocycles. The largest absolute Gasteiger partial charge is 0.453 e. The molecular weight excluding hydrogens is 334 g/mol. The Labute approximate surface area is 151 Å². The number of aryl methyl sites for hydroxylation is 3. The van der Waals surface area contributed by atoms with Crippen molar-refractivity contribution in [2.24, 2.45) is 0 Å². The van der Waals surface area contributed by atoms with Gasteiger partial charge < -0.3 is 15.0 Å². The summed E-state index contributed by atoms with van der Waals surface area (Å²) >= 11 is 0. The summed E-state index contributed by atoms with van der Waals surface area (Å²) in [5.74, 6) is -0.425. The molecular formula is C19H23N3O4. The number of anilines is 1. The number of amides is 1. The number of nitrogens with zero attached hydrogens (tertiary/aromatic N) is 1. The molecule has 1 atom stereocenters. The van der Waals surface area contributed by atoms with Crippen LogP contribution in [0, 0.1) is 20.8 Å². The second kappa shape index (κ2) is 8.42. The van der Waals surface area contributed by atoms with Crippen LogP contribution < -0.4 is 10.9 Å². The Bertz CT molecular complexity index is 873. The van der Waals surface area contributed by atoms with E-state index in [0.29, 0.717) is 22.8 Å². The minimum Gasteiger partial charge on any atom is -0.453 e. The molecule has 1 aromatic heterocycles. The van der Waals surface area contributed by atoms with E-state index in [1.165, 1.54) is 6.92 Å². The molecule has 7 heteroatoms. The number of carbonyl (C=O) groups excluding carboxylic acids is 2. The molecule has 1 amide bonds. The molecule has 0 aliphatic carbocycles. The first-order valence-corrected chi connectivity index (χ1v) is 8.39. The maximum absolute atomic E-state index is 12.1. The van der Waals surface area contributed by atoms with Crippen LogP contribution in [0.2, 0.25) is 0 Å². The van der Waals surface area contributed by atoms with E-state index >= 15 is 0 Å². The van der Waals surface area contributed by atoms with Gasteiger partial charge in [-0.3, -0.25) is 14.4 Å². The normalized spacial score (nSPS) is 11.7. The van der Waals surface area contributed by atoms with Crippen molar-refractivity contribution < 1.29 is 14.3 Å². The van der Waals surface area contributed by atoms with Crippen LogP contribution in [0.3, 0.4) is 0 Å². The third-order valence-corrected chi connectivity index (χ3v) is 3.88. The number of aromatic nitrogens is 2. The highest BCUT2D eigenvalue weighted by Gasteiger charge is 2.18. The molecule has 0 fully saturated rings. The summed E-state index contributed by atoms with van der Waals surface area (Å²) in [7, 11) is 0. The zero-order valence-corrected chi connectivity index (χ0v) is 15.4. The predicted octanol–water partition coefficient (Wildman–Crippen LogP) is 2.20. The van der Waals surface area contributed by atoms with Crippen LogP contribution in [0.1, 0.15) is 36.0 Å². The standard InChI is InChI=1S/C19H23N3O4/c1-11-6-5-7-15(10-11)22-18(24)13(3)26-17(23)9-8-16-12(2)20-14(4)21-19(16)25/h5-7,10,13H,8-9H2,1-4H3,(H,22,24)(H,20,21,25). The van der Waals surface area contributed by atoms with Crippen LogP contribution in [0.15, 0.2) is 29.1 Å². The molecule has 1 unspecified atom stereocenters. The van der Waals surface area contributed by atoms with Gasteiger partial charge in [-0.1, -0.05) is 12.1 Å². The van der Waals surface area contributed by atoms with Gasteiger partial charge in [0.1, 0.15) is 5.82 Å². The van der Waals surface area contributed by atoms with Crippen molar-refractivity contribution in [2.75, 3.05) is 5.32 Å². The lowest BCUT2D eigenvalue weighted by atomic mass is 10.1. The zero-order valence-electron chi connectivity index (χ0n) is 15.4. The summed E-state index contributed by atoms with van der Waals surface area (Å²) in [6.07, 6.45) is -0.727. The summed E-state index contributed by atoms with van der Waals surface area (Å²) in [5, 5.41) is 2.70. The fourth-order valence-corrected chi connectivity index (χ4v) is 2.55. The molecule has 2 N–H and O–H groups in total. The highest BCUT2D eigenvalue weighted by molar-refractivity contribution is 5.95. The fourth-order valence-electron chi connectivity index (χ4n) is 2.55. The average Bonchev–Trinajstić information content (AvgIpc) is 2.53. The number of nitrogens with one attached hydrogen (secondary N) is 2. The molecule has 0 saturated carbocycles. The van der Waals surface area contributed by atoms with Gasteiger partial charge in [-0.05, 0) is 51.8 Å². The van der Waals surface area contributed by atoms with Crippen molar-refractivity contribution in [1.29, 1.82) is 0 Å². The van der Waals surface area contributed by atoms with Gasteiger partial charge in [-0.25, -0.2) is 4.98 Å². The number of hydrogen-bond donors (Lipinski definition) is 2. The maximum atomic E-state index is 12.1. The Morgan fingerprint density at radius 2 is 2.00 bits per heavy atom. The molecule has 7 nitrogen and oxygen atoms in total. The van der Waals surface area contributed by atoms with Gasteiger partial charge in [0.25, 0.3) is 11.5 Å². The highest BCUT2D eigenvalue weighted by atomic mass is 16.5. The van der Waals surface area contributed by atoms with Crippen LogP contribution >= 0.6 is 0 Å². The Balaban J connectivity index is 1.89. The lowest BCUT2D eigenvalue weighted by molar-refractivity contribution is -0.153. The lowest BCUT2D eigenvalue weighted by Crippen LogP contribution is -2.30. The van der Waals surface area contributed by atoms with Gasteiger partial charge in [-0.2, -0.15) is 0 Å². The van der Waals surface area contributed by atoms with Crippen molar-refractivity contribution in [3.63, 3.8) is 0 Å². The van der Waals surface area contributed by atoms with Crippen LogP contribution in [0.4, 0.5) is 5.69 Å². The first kappa shape index (κ1) is 19.4. The van der Waals surface area contributed by atoms with Gasteiger partial charge in [0.2, 0.25) is 0 Å². The van der Waals surface area contributed by atoms with E-state index in [9.17, 15) is 14.4 Å². The molecule has 0 spiro atoms. The molecule has 2 aromatic rings. The SMILES string of the molecule is Cc1cccc(NC(=O)C(C)OC(=O)CCc2c(C)nc(C)[nH]c2=O)c1. The number of rotatable bonds is 6. The van der Waals surface area contributed by atoms with Gasteiger partial charge >= 0.3 is 5.97 Å². The number of esters is 1. The first-order chi connectivity index (χ1) is 12.3. The minimum atomic E-state index is -0.932. The number of benzene rings is 1. The Morgan fingerprint density at radius 3 is 2.65 bits per heavy atom. The summed E-state index contributed by atoms with van der Waals surface area (Å²) in [6, 6.07) is 7.34. The number of aromatic amines is 1. The summed E-state index contributed by atoms with van der Waals surface area (Å²) in [6.45, 7) is 6.85. The molecule has 26 heavy (non-hydrogen) atoms. The third-order valence-electron chi connectivity index (χ3n) is 3.88. The van der Waals surface area contributed by atoms with Gasteiger partial charge in [0.05, 0.1) is 0 Å². The zero-order chi connectivity index (χ0) is 19.3. The van der Waals surface area contributed by atoms with E-state index in [1.807, 2.05) is 25.1 Å². The first-order valence-electron chi connectivity index (χ1n) is 8.39. The second-order valence-electron chi connectivity index (χ2n) is 6.21. The maximum Gasteiger partial charge on any atom is 0.306 e. The van der Waals surface area contributed by atoms with E-state index in [4.69, 9.17) is 4.74 Å². The summed E-state index contributed by atoms with van der Waals surface area (Å²) in [5.41, 5.74) is 2.44. The van der Waals surface area contributed by atoms with Crippen LogP contribution in [-0.4, -0.2) is 27.9 Å². The van der Waals surface area contributed by atoms with Gasteiger partial charge in [-0.15, -0.1) is 0 Å². The van der Waals surface area contributed by atoms with Gasteiger partial charge in [0.15, 0.2) is 6.10 Å². The van der Waals surface area contributed by atoms with Crippen molar-refractivity contribution in [3.8, 4) is 0 Å². The summed E-state index contributed by atoms with van der Waals surface area (Å²) < 4.78 is 5.16. The Hall–Kier alpha value is -2.96. The monoisotopic (exact) mass is 357 g/mol. The van der Waals surface area contributed by atoms with Gasteiger partial charge in [0, 0.05) is 23.4 Å². The molecule has 138 valence electrons. The van der Waals surface area contributed by atoms with Crippen molar-refractivity contribution in [1.82, 2.24) is 9.97 Å². The number of H-pyrrole nitrogens is 1. The molecule has 0 bridgehead atoms. The second-order valence-corrected chi connectivity index (χ2v) is 6.21. The van der Waals surface area contributed by atoms with E-state index in [1.54, 1.807) is 19.9 Å². The van der Waals surface area contributed by atoms with E-state index in [-0.39, 0.29) is 18.4 Å². The molecule has 0 aliphatic heterocycles. The number of carbonyl (C=O) groups is 2. The molecule has 0 radical (unpaired) electrons. The van der Waals surface area contributed by atoms with E-state index in [0.717, 1.165) is 5.56 Å². The Kier molecular flexibility index (Phi) is 6.27. The fraction of sp³-hybridized carbons (Fsp3) is 0.368. The minimum absolute atomic E-state index is 0.00325. The smallest absolute Gasteiger partial charge is 0.306 e. The van der Waals surface area contributed by atoms with Crippen LogP contribution in [-0.2, 0) is 20.7 Å². The molecule has 0 saturated heterocycles. The third kappa shape index (κ3) is 5.27. The average molecular weight is 357 g/mol. The van der Waals surface area contributed by atoms with E-state index in [2.05, 4.69) is 15.3 Å². The summed E-state index contributed by atoms with van der Waals surface area (Å²) in [4.78, 5) is 42.8. The van der Waals surface area contributed by atoms with E-state index < -0.39 is 18.0 Å². The molecule has 2 rings (SSSR count). The quantitative estimate of drug-likeness (QED) is 0.772. The number of hydrogen-bond acceptors (Lipinski definition) is 5. The number of ether oxygens (including phenoxy) is 1. The molecule has 0 aliphatic rings. The molecule has 1 aromatic carbocycles. The Morgan fingerprint density at radius 1 is 1.27 bits per heavy atom. The van der Waals surface area contributed by atoms with Crippen molar-refractivity contribution >= 4 is 17.6 Å². The van der Waals surface area contributed by atoms with Crippen LogP contribution in [0.5, 0.6) is 0 Å². The van der Waals surface area contributed by atoms with Crippen LogP contribution in [0.25, 0.3) is 0 Å². The lowest BCUT2D eigenvalue weighted by Gasteiger charge is -2.14. The predicted molar refractivity (Wildman–Crippen MR) is 98.0 cm³/mol. The van der Waals surface area contributed by atoms with Crippen molar-refractivity contribution in [3.05, 3.63) is 57.3 Å².